The molecule has 2 aromatic rings. The van der Waals surface area contributed by atoms with Crippen LogP contribution in [0.5, 0.6) is 0 Å². The molecular weight excluding hydrogens is 390 g/mol. The third kappa shape index (κ3) is 9.04. The van der Waals surface area contributed by atoms with Crippen LogP contribution in [0.25, 0.3) is 11.4 Å². The molecule has 0 N–H and O–H groups in total. The number of benzene rings is 1. The lowest BCUT2D eigenvalue weighted by molar-refractivity contribution is 0.496. The monoisotopic (exact) mass is 430 g/mol. The standard InChI is InChI=1S/C27H40F2N2/c1-3-5-7-9-11-12-14-16-22-20-30-27(31-21-22)24-19-18-23(25(28)26(24)29)17-15-13-10-8-6-4-2/h18-21H,3-17H2,1-2H3. The van der Waals surface area contributed by atoms with Gasteiger partial charge in [0.15, 0.2) is 17.5 Å². The van der Waals surface area contributed by atoms with Gasteiger partial charge in [0, 0.05) is 12.4 Å². The van der Waals surface area contributed by atoms with Crippen LogP contribution < -0.4 is 0 Å². The predicted octanol–water partition coefficient (Wildman–Crippen LogP) is 8.62. The molecule has 0 bridgehead atoms. The van der Waals surface area contributed by atoms with Gasteiger partial charge in [-0.2, -0.15) is 0 Å². The quantitative estimate of drug-likeness (QED) is 0.249. The second-order valence-electron chi connectivity index (χ2n) is 8.70. The number of aryl methyl sites for hydroxylation is 2. The maximum absolute atomic E-state index is 14.6. The number of hydrogen-bond acceptors (Lipinski definition) is 2. The Labute approximate surface area is 187 Å². The molecule has 0 saturated heterocycles. The van der Waals surface area contributed by atoms with Crippen LogP contribution in [0.2, 0.25) is 0 Å². The Kier molecular flexibility index (Phi) is 12.3. The highest BCUT2D eigenvalue weighted by Crippen LogP contribution is 2.25. The zero-order chi connectivity index (χ0) is 22.3. The van der Waals surface area contributed by atoms with Crippen molar-refractivity contribution in [2.75, 3.05) is 0 Å². The van der Waals surface area contributed by atoms with Gasteiger partial charge in [0.1, 0.15) is 0 Å². The lowest BCUT2D eigenvalue weighted by Gasteiger charge is -2.09. The molecule has 1 aromatic heterocycles. The Morgan fingerprint density at radius 1 is 0.613 bits per heavy atom. The summed E-state index contributed by atoms with van der Waals surface area (Å²) in [5.74, 6) is -1.32. The van der Waals surface area contributed by atoms with Crippen molar-refractivity contribution in [3.8, 4) is 11.4 Å². The molecule has 4 heteroatoms. The number of aromatic nitrogens is 2. The van der Waals surface area contributed by atoms with Crippen LogP contribution in [0, 0.1) is 11.6 Å². The number of nitrogens with zero attached hydrogens (tertiary/aromatic N) is 2. The van der Waals surface area contributed by atoms with E-state index in [0.29, 0.717) is 12.0 Å². The highest BCUT2D eigenvalue weighted by Gasteiger charge is 2.16. The molecule has 0 radical (unpaired) electrons. The van der Waals surface area contributed by atoms with Crippen LogP contribution in [-0.2, 0) is 12.8 Å². The molecule has 1 heterocycles. The first-order valence-electron chi connectivity index (χ1n) is 12.5. The molecule has 0 amide bonds. The minimum absolute atomic E-state index is 0.145. The fourth-order valence-electron chi connectivity index (χ4n) is 3.96. The van der Waals surface area contributed by atoms with Gasteiger partial charge in [-0.3, -0.25) is 0 Å². The highest BCUT2D eigenvalue weighted by atomic mass is 19.2. The van der Waals surface area contributed by atoms with Crippen molar-refractivity contribution in [3.05, 3.63) is 47.3 Å². The van der Waals surface area contributed by atoms with E-state index < -0.39 is 11.6 Å². The molecule has 2 nitrogen and oxygen atoms in total. The van der Waals surface area contributed by atoms with Crippen LogP contribution in [0.1, 0.15) is 108 Å². The maximum atomic E-state index is 14.6. The van der Waals surface area contributed by atoms with Crippen molar-refractivity contribution >= 4 is 0 Å². The van der Waals surface area contributed by atoms with E-state index in [1.807, 2.05) is 0 Å². The van der Waals surface area contributed by atoms with E-state index in [-0.39, 0.29) is 11.4 Å². The van der Waals surface area contributed by atoms with Gasteiger partial charge in [0.05, 0.1) is 5.56 Å². The molecule has 0 fully saturated rings. The first kappa shape index (κ1) is 25.4. The van der Waals surface area contributed by atoms with Crippen molar-refractivity contribution in [2.45, 2.75) is 110 Å². The van der Waals surface area contributed by atoms with Crippen molar-refractivity contribution in [1.82, 2.24) is 9.97 Å². The average Bonchev–Trinajstić information content (AvgIpc) is 2.79. The third-order valence-electron chi connectivity index (χ3n) is 5.98. The Morgan fingerprint density at radius 2 is 1.13 bits per heavy atom. The van der Waals surface area contributed by atoms with Crippen LogP contribution in [0.3, 0.4) is 0 Å². The van der Waals surface area contributed by atoms with Gasteiger partial charge in [0.25, 0.3) is 0 Å². The van der Waals surface area contributed by atoms with E-state index in [4.69, 9.17) is 0 Å². The summed E-state index contributed by atoms with van der Waals surface area (Å²) in [5, 5.41) is 0. The van der Waals surface area contributed by atoms with Gasteiger partial charge in [-0.1, -0.05) is 90.5 Å². The molecule has 1 aromatic carbocycles. The SMILES string of the molecule is CCCCCCCCCc1cnc(-c2ccc(CCCCCCCC)c(F)c2F)nc1. The van der Waals surface area contributed by atoms with E-state index in [0.717, 1.165) is 37.7 Å². The minimum atomic E-state index is -0.830. The summed E-state index contributed by atoms with van der Waals surface area (Å²) in [5.41, 5.74) is 1.65. The lowest BCUT2D eigenvalue weighted by Crippen LogP contribution is -2.00. The number of halogens is 2. The van der Waals surface area contributed by atoms with Gasteiger partial charge in [-0.25, -0.2) is 18.7 Å². The van der Waals surface area contributed by atoms with Crippen LogP contribution >= 0.6 is 0 Å². The largest absolute Gasteiger partial charge is 0.236 e. The fourth-order valence-corrected chi connectivity index (χ4v) is 3.96. The number of rotatable bonds is 16. The lowest BCUT2D eigenvalue weighted by atomic mass is 10.0. The average molecular weight is 431 g/mol. The highest BCUT2D eigenvalue weighted by molar-refractivity contribution is 5.56. The minimum Gasteiger partial charge on any atom is -0.236 e. The zero-order valence-corrected chi connectivity index (χ0v) is 19.6. The molecule has 0 atom stereocenters. The topological polar surface area (TPSA) is 25.8 Å². The Hall–Kier alpha value is -1.84. The van der Waals surface area contributed by atoms with Crippen LogP contribution in [0.4, 0.5) is 8.78 Å². The third-order valence-corrected chi connectivity index (χ3v) is 5.98. The Balaban J connectivity index is 1.83. The number of unbranched alkanes of at least 4 members (excludes halogenated alkanes) is 11. The Morgan fingerprint density at radius 3 is 1.71 bits per heavy atom. The van der Waals surface area contributed by atoms with E-state index in [1.165, 1.54) is 57.8 Å². The summed E-state index contributed by atoms with van der Waals surface area (Å²) >= 11 is 0. The molecular formula is C27H40F2N2. The molecule has 2 rings (SSSR count). The second kappa shape index (κ2) is 15.0. The molecule has 0 unspecified atom stereocenters. The summed E-state index contributed by atoms with van der Waals surface area (Å²) in [6, 6.07) is 3.31. The second-order valence-corrected chi connectivity index (χ2v) is 8.70. The first-order chi connectivity index (χ1) is 15.2. The summed E-state index contributed by atoms with van der Waals surface area (Å²) in [7, 11) is 0. The zero-order valence-electron chi connectivity index (χ0n) is 19.6. The van der Waals surface area contributed by atoms with Gasteiger partial charge >= 0.3 is 0 Å². The van der Waals surface area contributed by atoms with E-state index >= 15 is 0 Å². The van der Waals surface area contributed by atoms with E-state index in [9.17, 15) is 8.78 Å². The summed E-state index contributed by atoms with van der Waals surface area (Å²) < 4.78 is 29.2. The van der Waals surface area contributed by atoms with Gasteiger partial charge in [-0.05, 0) is 42.9 Å². The van der Waals surface area contributed by atoms with Crippen LogP contribution in [0.15, 0.2) is 24.5 Å². The summed E-state index contributed by atoms with van der Waals surface area (Å²) in [4.78, 5) is 8.61. The molecule has 0 spiro atoms. The molecule has 31 heavy (non-hydrogen) atoms. The van der Waals surface area contributed by atoms with Gasteiger partial charge in [0.2, 0.25) is 0 Å². The smallest absolute Gasteiger partial charge is 0.170 e. The first-order valence-corrected chi connectivity index (χ1v) is 12.5. The van der Waals surface area contributed by atoms with Gasteiger partial charge < -0.3 is 0 Å². The maximum Gasteiger partial charge on any atom is 0.170 e. The summed E-state index contributed by atoms with van der Waals surface area (Å²) in [6.45, 7) is 4.42. The molecule has 0 aliphatic heterocycles. The number of hydrogen-bond donors (Lipinski definition) is 0. The van der Waals surface area contributed by atoms with Crippen LogP contribution in [-0.4, -0.2) is 9.97 Å². The molecule has 0 saturated carbocycles. The van der Waals surface area contributed by atoms with Crippen molar-refractivity contribution in [1.29, 1.82) is 0 Å². The molecule has 0 aliphatic carbocycles. The Bertz CT molecular complexity index is 744. The molecule has 172 valence electrons. The van der Waals surface area contributed by atoms with E-state index in [2.05, 4.69) is 23.8 Å². The van der Waals surface area contributed by atoms with Crippen molar-refractivity contribution in [2.24, 2.45) is 0 Å². The fraction of sp³-hybridized carbons (Fsp3) is 0.630. The molecule has 0 aliphatic rings. The van der Waals surface area contributed by atoms with E-state index in [1.54, 1.807) is 24.5 Å². The summed E-state index contributed by atoms with van der Waals surface area (Å²) in [6.07, 6.45) is 20.6. The predicted molar refractivity (Wildman–Crippen MR) is 126 cm³/mol. The van der Waals surface area contributed by atoms with Crippen molar-refractivity contribution in [3.63, 3.8) is 0 Å². The van der Waals surface area contributed by atoms with Crippen molar-refractivity contribution < 1.29 is 8.78 Å². The van der Waals surface area contributed by atoms with Gasteiger partial charge in [-0.15, -0.1) is 0 Å². The normalized spacial score (nSPS) is 11.2.